The molecule has 0 aliphatic heterocycles. The van der Waals surface area contributed by atoms with E-state index in [1.807, 2.05) is 0 Å². The molecule has 5 heteroatoms. The molecule has 0 spiro atoms. The Labute approximate surface area is 70.6 Å². The Balaban J connectivity index is 3.38. The molecular formula is C7H11N2O3. The van der Waals surface area contributed by atoms with Gasteiger partial charge in [0.15, 0.2) is 0 Å². The van der Waals surface area contributed by atoms with Gasteiger partial charge < -0.3 is 10.1 Å². The van der Waals surface area contributed by atoms with Crippen LogP contribution in [0.1, 0.15) is 6.92 Å². The lowest BCUT2D eigenvalue weighted by Gasteiger charge is -2.03. The lowest BCUT2D eigenvalue weighted by Crippen LogP contribution is -2.27. The van der Waals surface area contributed by atoms with Gasteiger partial charge >= 0.3 is 12.0 Å². The Kier molecular flexibility index (Phi) is 4.52. The zero-order valence-corrected chi connectivity index (χ0v) is 6.85. The first-order chi connectivity index (χ1) is 5.54. The number of carbonyl (C=O) groups is 2. The summed E-state index contributed by atoms with van der Waals surface area (Å²) in [6, 6.07) is -0.888. The van der Waals surface area contributed by atoms with E-state index in [4.69, 9.17) is 5.73 Å². The first-order valence-electron chi connectivity index (χ1n) is 3.36. The van der Waals surface area contributed by atoms with Gasteiger partial charge in [-0.15, -0.1) is 0 Å². The van der Waals surface area contributed by atoms with Crippen LogP contribution in [0, 0.1) is 0 Å². The average molecular weight is 171 g/mol. The molecule has 0 unspecified atom stereocenters. The third-order valence-electron chi connectivity index (χ3n) is 0.969. The largest absolute Gasteiger partial charge is 0.460 e. The summed E-state index contributed by atoms with van der Waals surface area (Å²) < 4.78 is 4.62. The molecule has 0 bridgehead atoms. The number of hydrogen-bond donors (Lipinski definition) is 1. The fourth-order valence-corrected chi connectivity index (χ4v) is 0.431. The van der Waals surface area contributed by atoms with Crippen molar-refractivity contribution in [2.24, 2.45) is 0 Å². The molecule has 0 aromatic carbocycles. The summed E-state index contributed by atoms with van der Waals surface area (Å²) in [4.78, 5) is 20.7. The van der Waals surface area contributed by atoms with Gasteiger partial charge in [-0.2, -0.15) is 0 Å². The highest BCUT2D eigenvalue weighted by molar-refractivity contribution is 5.86. The normalized spacial score (nSPS) is 8.75. The average Bonchev–Trinajstić information content (AvgIpc) is 1.97. The zero-order valence-electron chi connectivity index (χ0n) is 6.85. The highest BCUT2D eigenvalue weighted by atomic mass is 16.5. The van der Waals surface area contributed by atoms with Crippen molar-refractivity contribution in [2.75, 3.05) is 13.2 Å². The van der Waals surface area contributed by atoms with E-state index < -0.39 is 12.0 Å². The first kappa shape index (κ1) is 10.5. The maximum atomic E-state index is 10.7. The molecule has 0 fully saturated rings. The van der Waals surface area contributed by atoms with Gasteiger partial charge in [0.1, 0.15) is 6.61 Å². The second-order valence-corrected chi connectivity index (χ2v) is 2.17. The van der Waals surface area contributed by atoms with Crippen LogP contribution in [-0.4, -0.2) is 25.2 Å². The van der Waals surface area contributed by atoms with E-state index in [0.717, 1.165) is 0 Å². The van der Waals surface area contributed by atoms with Crippen molar-refractivity contribution in [1.82, 2.24) is 11.1 Å². The van der Waals surface area contributed by atoms with Crippen molar-refractivity contribution in [3.8, 4) is 0 Å². The van der Waals surface area contributed by atoms with Crippen LogP contribution in [0.4, 0.5) is 4.79 Å². The van der Waals surface area contributed by atoms with Crippen molar-refractivity contribution in [1.29, 1.82) is 0 Å². The molecule has 2 N–H and O–H groups in total. The maximum absolute atomic E-state index is 10.7. The quantitative estimate of drug-likeness (QED) is 0.370. The van der Waals surface area contributed by atoms with Crippen molar-refractivity contribution in [2.45, 2.75) is 6.92 Å². The molecule has 5 nitrogen and oxygen atoms in total. The molecule has 0 atom stereocenters. The monoisotopic (exact) mass is 171 g/mol. The fraction of sp³-hybridized carbons (Fsp3) is 0.429. The van der Waals surface area contributed by atoms with E-state index in [-0.39, 0.29) is 13.2 Å². The summed E-state index contributed by atoms with van der Waals surface area (Å²) in [6.45, 7) is 5.12. The minimum Gasteiger partial charge on any atom is -0.460 e. The number of carbonyl (C=O) groups excluding carboxylic acids is 2. The topological polar surface area (TPSA) is 79.2 Å². The van der Waals surface area contributed by atoms with Crippen LogP contribution in [0.3, 0.4) is 0 Å². The van der Waals surface area contributed by atoms with Gasteiger partial charge in [-0.1, -0.05) is 6.58 Å². The Hall–Kier alpha value is -1.52. The molecule has 0 saturated heterocycles. The molecular weight excluding hydrogens is 160 g/mol. The third kappa shape index (κ3) is 5.28. The van der Waals surface area contributed by atoms with Gasteiger partial charge in [0.05, 0.1) is 6.54 Å². The van der Waals surface area contributed by atoms with Gasteiger partial charge in [-0.25, -0.2) is 15.3 Å². The second-order valence-electron chi connectivity index (χ2n) is 2.17. The summed E-state index contributed by atoms with van der Waals surface area (Å²) in [5, 5.41) is 2.16. The number of rotatable bonds is 4. The minimum absolute atomic E-state index is 0.0658. The van der Waals surface area contributed by atoms with Crippen LogP contribution in [-0.2, 0) is 9.53 Å². The number of hydrogen-bond acceptors (Lipinski definition) is 3. The third-order valence-corrected chi connectivity index (χ3v) is 0.969. The zero-order chi connectivity index (χ0) is 9.56. The van der Waals surface area contributed by atoms with E-state index >= 15 is 0 Å². The molecule has 0 heterocycles. The van der Waals surface area contributed by atoms with Crippen LogP contribution < -0.4 is 11.1 Å². The SMILES string of the molecule is C=C(C)C(=O)OCCNC([NH])=O. The van der Waals surface area contributed by atoms with Crippen LogP contribution in [0.15, 0.2) is 12.2 Å². The first-order valence-corrected chi connectivity index (χ1v) is 3.36. The molecule has 0 aromatic rings. The van der Waals surface area contributed by atoms with Crippen molar-refractivity contribution < 1.29 is 14.3 Å². The summed E-state index contributed by atoms with van der Waals surface area (Å²) in [7, 11) is 0. The predicted octanol–water partition coefficient (Wildman–Crippen LogP) is 0.0982. The molecule has 0 aromatic heterocycles. The van der Waals surface area contributed by atoms with E-state index in [1.165, 1.54) is 6.92 Å². The molecule has 0 aliphatic rings. The number of ether oxygens (including phenoxy) is 1. The summed E-state index contributed by atoms with van der Waals surface area (Å²) in [5.74, 6) is -0.491. The Morgan fingerprint density at radius 2 is 2.17 bits per heavy atom. The summed E-state index contributed by atoms with van der Waals surface area (Å²) >= 11 is 0. The van der Waals surface area contributed by atoms with Crippen LogP contribution >= 0.6 is 0 Å². The molecule has 2 amide bonds. The number of amides is 2. The van der Waals surface area contributed by atoms with E-state index in [1.54, 1.807) is 0 Å². The van der Waals surface area contributed by atoms with Gasteiger partial charge in [0.25, 0.3) is 0 Å². The summed E-state index contributed by atoms with van der Waals surface area (Å²) in [6.07, 6.45) is 0. The van der Waals surface area contributed by atoms with Crippen LogP contribution in [0.5, 0.6) is 0 Å². The molecule has 0 rings (SSSR count). The highest BCUT2D eigenvalue weighted by Gasteiger charge is 2.01. The van der Waals surface area contributed by atoms with E-state index in [0.29, 0.717) is 5.57 Å². The Morgan fingerprint density at radius 1 is 1.58 bits per heavy atom. The number of urea groups is 1. The fourth-order valence-electron chi connectivity index (χ4n) is 0.431. The van der Waals surface area contributed by atoms with Gasteiger partial charge in [0.2, 0.25) is 0 Å². The smallest absolute Gasteiger partial charge is 0.333 e. The van der Waals surface area contributed by atoms with Gasteiger partial charge in [-0.3, -0.25) is 0 Å². The molecule has 67 valence electrons. The minimum atomic E-state index is -0.888. The maximum Gasteiger partial charge on any atom is 0.333 e. The van der Waals surface area contributed by atoms with Gasteiger partial charge in [-0.05, 0) is 6.92 Å². The van der Waals surface area contributed by atoms with E-state index in [2.05, 4.69) is 16.6 Å². The summed E-state index contributed by atoms with van der Waals surface area (Å²) in [5.41, 5.74) is 6.75. The number of nitrogens with one attached hydrogen (secondary N) is 2. The Morgan fingerprint density at radius 3 is 2.58 bits per heavy atom. The van der Waals surface area contributed by atoms with Crippen molar-refractivity contribution >= 4 is 12.0 Å². The van der Waals surface area contributed by atoms with Crippen LogP contribution in [0.2, 0.25) is 0 Å². The molecule has 12 heavy (non-hydrogen) atoms. The molecule has 1 radical (unpaired) electrons. The van der Waals surface area contributed by atoms with Crippen molar-refractivity contribution in [3.05, 3.63) is 12.2 Å². The highest BCUT2D eigenvalue weighted by Crippen LogP contribution is 1.90. The molecule has 0 aliphatic carbocycles. The standard InChI is InChI=1S/C7H11N2O3/c1-5(2)6(10)12-4-3-9-7(8)11/h8H,1,3-4H2,2H3,(H,9,11). The Bertz CT molecular complexity index is 201. The second kappa shape index (κ2) is 5.17. The molecule has 0 saturated carbocycles. The number of esters is 1. The van der Waals surface area contributed by atoms with E-state index in [9.17, 15) is 9.59 Å². The lowest BCUT2D eigenvalue weighted by molar-refractivity contribution is -0.138. The van der Waals surface area contributed by atoms with Gasteiger partial charge in [0, 0.05) is 5.57 Å². The van der Waals surface area contributed by atoms with Crippen molar-refractivity contribution in [3.63, 3.8) is 0 Å². The predicted molar refractivity (Wildman–Crippen MR) is 42.3 cm³/mol. The lowest BCUT2D eigenvalue weighted by atomic mass is 10.4. The van der Waals surface area contributed by atoms with Crippen LogP contribution in [0.25, 0.3) is 0 Å².